The summed E-state index contributed by atoms with van der Waals surface area (Å²) in [6, 6.07) is 3.93. The second-order valence-electron chi connectivity index (χ2n) is 7.28. The van der Waals surface area contributed by atoms with Crippen molar-refractivity contribution in [3.8, 4) is 21.3 Å². The van der Waals surface area contributed by atoms with Crippen LogP contribution in [0.2, 0.25) is 0 Å². The highest BCUT2D eigenvalue weighted by Crippen LogP contribution is 2.49. The van der Waals surface area contributed by atoms with E-state index < -0.39 is 0 Å². The highest BCUT2D eigenvalue weighted by atomic mass is 79.9. The Labute approximate surface area is 191 Å². The van der Waals surface area contributed by atoms with Crippen molar-refractivity contribution in [3.63, 3.8) is 0 Å². The van der Waals surface area contributed by atoms with Crippen molar-refractivity contribution in [2.45, 2.75) is 91.3 Å². The van der Waals surface area contributed by atoms with Gasteiger partial charge < -0.3 is 9.47 Å². The van der Waals surface area contributed by atoms with Crippen LogP contribution >= 0.6 is 38.6 Å². The van der Waals surface area contributed by atoms with Gasteiger partial charge in [0.2, 0.25) is 0 Å². The second kappa shape index (κ2) is 12.8. The van der Waals surface area contributed by atoms with Crippen LogP contribution < -0.4 is 9.47 Å². The van der Waals surface area contributed by atoms with E-state index in [1.165, 1.54) is 17.8 Å². The lowest BCUT2D eigenvalue weighted by Crippen LogP contribution is -2.16. The van der Waals surface area contributed by atoms with Crippen molar-refractivity contribution in [1.82, 2.24) is 0 Å². The van der Waals surface area contributed by atoms with Gasteiger partial charge in [-0.1, -0.05) is 53.4 Å². The summed E-state index contributed by atoms with van der Waals surface area (Å²) in [4.78, 5) is 14.2. The van der Waals surface area contributed by atoms with E-state index in [9.17, 15) is 4.79 Å². The molecule has 2 unspecified atom stereocenters. The molecule has 0 aliphatic rings. The number of rotatable bonds is 14. The lowest BCUT2D eigenvalue weighted by molar-refractivity contribution is 0.112. The summed E-state index contributed by atoms with van der Waals surface area (Å²) in [5, 5.41) is 0. The quantitative estimate of drug-likeness (QED) is 0.243. The summed E-state index contributed by atoms with van der Waals surface area (Å²) >= 11 is 6.75. The summed E-state index contributed by atoms with van der Waals surface area (Å²) < 4.78 is 13.8. The minimum Gasteiger partial charge on any atom is -0.489 e. The number of carbonyl (C=O) groups is 1. The Kier molecular flexibility index (Phi) is 10.7. The fourth-order valence-electron chi connectivity index (χ4n) is 3.20. The molecule has 0 aliphatic carbocycles. The number of thiophene rings is 2. The lowest BCUT2D eigenvalue weighted by atomic mass is 10.1. The Morgan fingerprint density at radius 1 is 0.897 bits per heavy atom. The Morgan fingerprint density at radius 3 is 1.90 bits per heavy atom. The molecule has 0 amide bonds. The summed E-state index contributed by atoms with van der Waals surface area (Å²) in [6.45, 7) is 8.73. The predicted octanol–water partition coefficient (Wildman–Crippen LogP) is 8.75. The average Bonchev–Trinajstić information content (AvgIpc) is 3.30. The maximum Gasteiger partial charge on any atom is 0.160 e. The number of hydrogen-bond acceptors (Lipinski definition) is 5. The minimum atomic E-state index is 0.170. The van der Waals surface area contributed by atoms with Gasteiger partial charge in [0.25, 0.3) is 0 Å². The van der Waals surface area contributed by atoms with E-state index in [0.29, 0.717) is 4.88 Å². The van der Waals surface area contributed by atoms with Crippen molar-refractivity contribution in [1.29, 1.82) is 0 Å². The standard InChI is InChI=1S/C23H33BrO3S2/c1-5-9-11-16(7-3)26-19-13-18(15-25)28-22(19)23-20(14-21(24)29-23)27-17(8-4)12-10-6-2/h13-17H,5-12H2,1-4H3. The van der Waals surface area contributed by atoms with Gasteiger partial charge >= 0.3 is 0 Å². The van der Waals surface area contributed by atoms with Crippen LogP contribution in [0, 0.1) is 0 Å². The molecule has 0 aromatic carbocycles. The molecule has 2 aromatic heterocycles. The van der Waals surface area contributed by atoms with E-state index in [1.54, 1.807) is 11.3 Å². The molecule has 2 atom stereocenters. The first-order valence-electron chi connectivity index (χ1n) is 10.8. The number of ether oxygens (including phenoxy) is 2. The number of unbranched alkanes of at least 4 members (excludes halogenated alkanes) is 2. The number of halogens is 1. The van der Waals surface area contributed by atoms with Crippen LogP contribution in [0.25, 0.3) is 9.75 Å². The Hall–Kier alpha value is -0.850. The van der Waals surface area contributed by atoms with Gasteiger partial charge in [0.1, 0.15) is 11.5 Å². The summed E-state index contributed by atoms with van der Waals surface area (Å²) in [6.07, 6.45) is 9.95. The van der Waals surface area contributed by atoms with E-state index >= 15 is 0 Å². The van der Waals surface area contributed by atoms with E-state index in [1.807, 2.05) is 12.1 Å². The highest BCUT2D eigenvalue weighted by molar-refractivity contribution is 9.11. The Balaban J connectivity index is 2.33. The first kappa shape index (κ1) is 24.4. The fourth-order valence-corrected chi connectivity index (χ4v) is 5.76. The smallest absolute Gasteiger partial charge is 0.160 e. The largest absolute Gasteiger partial charge is 0.489 e. The molecule has 162 valence electrons. The van der Waals surface area contributed by atoms with Crippen molar-refractivity contribution >= 4 is 44.9 Å². The second-order valence-corrected chi connectivity index (χ2v) is 10.8. The molecule has 2 heterocycles. The van der Waals surface area contributed by atoms with E-state index in [-0.39, 0.29) is 12.2 Å². The lowest BCUT2D eigenvalue weighted by Gasteiger charge is -2.19. The topological polar surface area (TPSA) is 35.5 Å². The van der Waals surface area contributed by atoms with Gasteiger partial charge in [0, 0.05) is 12.1 Å². The first-order valence-corrected chi connectivity index (χ1v) is 13.2. The van der Waals surface area contributed by atoms with E-state index in [0.717, 1.165) is 76.3 Å². The van der Waals surface area contributed by atoms with Crippen molar-refractivity contribution in [3.05, 3.63) is 20.8 Å². The van der Waals surface area contributed by atoms with Crippen LogP contribution in [0.4, 0.5) is 0 Å². The number of hydrogen-bond donors (Lipinski definition) is 0. The molecular weight excluding hydrogens is 468 g/mol. The maximum atomic E-state index is 11.5. The molecule has 0 aliphatic heterocycles. The van der Waals surface area contributed by atoms with Gasteiger partial charge in [-0.2, -0.15) is 0 Å². The fraction of sp³-hybridized carbons (Fsp3) is 0.609. The average molecular weight is 502 g/mol. The molecule has 0 N–H and O–H groups in total. The summed E-state index contributed by atoms with van der Waals surface area (Å²) in [7, 11) is 0. The third-order valence-electron chi connectivity index (χ3n) is 4.96. The van der Waals surface area contributed by atoms with Crippen LogP contribution in [0.1, 0.15) is 88.7 Å². The first-order chi connectivity index (χ1) is 14.1. The Bertz CT molecular complexity index is 753. The SMILES string of the molecule is CCCCC(CC)Oc1cc(Br)sc1-c1sc(C=O)cc1OC(CC)CCCC. The molecule has 0 spiro atoms. The van der Waals surface area contributed by atoms with Crippen LogP contribution in [0.5, 0.6) is 11.5 Å². The number of aldehydes is 1. The molecule has 29 heavy (non-hydrogen) atoms. The molecule has 0 radical (unpaired) electrons. The molecule has 2 aromatic rings. The summed E-state index contributed by atoms with van der Waals surface area (Å²) in [5.74, 6) is 1.69. The molecule has 6 heteroatoms. The van der Waals surface area contributed by atoms with Crippen molar-refractivity contribution in [2.75, 3.05) is 0 Å². The third kappa shape index (κ3) is 7.11. The molecule has 0 fully saturated rings. The van der Waals surface area contributed by atoms with Crippen LogP contribution in [0.3, 0.4) is 0 Å². The molecular formula is C23H33BrO3S2. The van der Waals surface area contributed by atoms with E-state index in [2.05, 4.69) is 43.6 Å². The zero-order chi connectivity index (χ0) is 21.2. The number of carbonyl (C=O) groups excluding carboxylic acids is 1. The van der Waals surface area contributed by atoms with Crippen molar-refractivity contribution < 1.29 is 14.3 Å². The zero-order valence-corrected chi connectivity index (χ0v) is 21.2. The van der Waals surface area contributed by atoms with Gasteiger partial charge in [-0.05, 0) is 41.6 Å². The molecule has 3 nitrogen and oxygen atoms in total. The normalized spacial score (nSPS) is 13.3. The minimum absolute atomic E-state index is 0.170. The molecule has 0 bridgehead atoms. The van der Waals surface area contributed by atoms with Crippen molar-refractivity contribution in [2.24, 2.45) is 0 Å². The van der Waals surface area contributed by atoms with Gasteiger partial charge in [0.05, 0.1) is 30.6 Å². The van der Waals surface area contributed by atoms with Crippen LogP contribution in [-0.2, 0) is 0 Å². The Morgan fingerprint density at radius 2 is 1.41 bits per heavy atom. The molecule has 0 saturated carbocycles. The third-order valence-corrected chi connectivity index (χ3v) is 7.79. The predicted molar refractivity (Wildman–Crippen MR) is 129 cm³/mol. The monoisotopic (exact) mass is 500 g/mol. The van der Waals surface area contributed by atoms with Crippen LogP contribution in [-0.4, -0.2) is 18.5 Å². The van der Waals surface area contributed by atoms with Gasteiger partial charge in [0.15, 0.2) is 6.29 Å². The van der Waals surface area contributed by atoms with Crippen LogP contribution in [0.15, 0.2) is 15.9 Å². The zero-order valence-electron chi connectivity index (χ0n) is 18.0. The van der Waals surface area contributed by atoms with E-state index in [4.69, 9.17) is 9.47 Å². The highest BCUT2D eigenvalue weighted by Gasteiger charge is 2.23. The van der Waals surface area contributed by atoms with Gasteiger partial charge in [-0.15, -0.1) is 22.7 Å². The molecule has 0 saturated heterocycles. The summed E-state index contributed by atoms with van der Waals surface area (Å²) in [5.41, 5.74) is 0. The molecule has 2 rings (SSSR count). The van der Waals surface area contributed by atoms with Gasteiger partial charge in [-0.3, -0.25) is 4.79 Å². The maximum absolute atomic E-state index is 11.5. The van der Waals surface area contributed by atoms with Gasteiger partial charge in [-0.25, -0.2) is 0 Å².